The Kier molecular flexibility index (Phi) is 16.7. The minimum Gasteiger partial charge on any atom is -0.295 e. The van der Waals surface area contributed by atoms with Crippen LogP contribution < -0.4 is 0 Å². The molecule has 0 aromatic heterocycles. The summed E-state index contributed by atoms with van der Waals surface area (Å²) in [4.78, 5) is 25.2. The topological polar surface area (TPSA) is 34.1 Å². The number of Topliss-reactive ketones (excluding diaryl/α,β-unsaturated/α-hetero) is 1. The maximum absolute atomic E-state index is 12.4. The second-order valence-electron chi connectivity index (χ2n) is 10.2. The predicted octanol–water partition coefficient (Wildman–Crippen LogP) is 10.7. The highest BCUT2D eigenvalue weighted by Crippen LogP contribution is 2.21. The van der Waals surface area contributed by atoms with E-state index in [0.717, 1.165) is 5.56 Å². The van der Waals surface area contributed by atoms with Crippen LogP contribution in [0.25, 0.3) is 6.08 Å². The van der Waals surface area contributed by atoms with Gasteiger partial charge in [0.05, 0.1) is 0 Å². The molecule has 0 radical (unpaired) electrons. The standard InChI is InChI=1S/C34H48O2S/c1-3-4-5-6-7-8-9-10-11-12-13-14-15-16-17-27-37-33-24-21-30(22-25-33)23-26-34(36)32-20-18-19-31(28-32)29(2)35/h18-26,28H,3-17,27H2,1-2H3. The van der Waals surface area contributed by atoms with Gasteiger partial charge < -0.3 is 0 Å². The zero-order chi connectivity index (χ0) is 26.6. The Hall–Kier alpha value is -2.13. The monoisotopic (exact) mass is 520 g/mol. The third-order valence-electron chi connectivity index (χ3n) is 6.88. The van der Waals surface area contributed by atoms with Gasteiger partial charge in [-0.25, -0.2) is 0 Å². The number of benzene rings is 2. The first-order chi connectivity index (χ1) is 18.1. The normalized spacial score (nSPS) is 11.3. The molecule has 0 saturated carbocycles. The Morgan fingerprint density at radius 1 is 0.676 bits per heavy atom. The van der Waals surface area contributed by atoms with Crippen LogP contribution >= 0.6 is 11.8 Å². The van der Waals surface area contributed by atoms with Crippen LogP contribution in [0.3, 0.4) is 0 Å². The summed E-state index contributed by atoms with van der Waals surface area (Å²) < 4.78 is 0. The van der Waals surface area contributed by atoms with E-state index in [1.165, 1.54) is 114 Å². The van der Waals surface area contributed by atoms with Crippen molar-refractivity contribution < 1.29 is 9.59 Å². The summed E-state index contributed by atoms with van der Waals surface area (Å²) in [6.45, 7) is 3.80. The fourth-order valence-electron chi connectivity index (χ4n) is 4.50. The van der Waals surface area contributed by atoms with Crippen LogP contribution in [0.4, 0.5) is 0 Å². The van der Waals surface area contributed by atoms with E-state index in [1.54, 1.807) is 30.3 Å². The van der Waals surface area contributed by atoms with Gasteiger partial charge in [0.2, 0.25) is 0 Å². The lowest BCUT2D eigenvalue weighted by atomic mass is 10.0. The van der Waals surface area contributed by atoms with Gasteiger partial charge in [-0.3, -0.25) is 9.59 Å². The molecule has 0 atom stereocenters. The second-order valence-corrected chi connectivity index (χ2v) is 11.4. The van der Waals surface area contributed by atoms with E-state index < -0.39 is 0 Å². The van der Waals surface area contributed by atoms with Crippen LogP contribution in [0.5, 0.6) is 0 Å². The number of carbonyl (C=O) groups excluding carboxylic acids is 2. The third kappa shape index (κ3) is 14.4. The molecule has 2 nitrogen and oxygen atoms in total. The van der Waals surface area contributed by atoms with Crippen molar-refractivity contribution in [3.63, 3.8) is 0 Å². The molecule has 0 bridgehead atoms. The lowest BCUT2D eigenvalue weighted by Crippen LogP contribution is -1.98. The average Bonchev–Trinajstić information content (AvgIpc) is 2.92. The maximum Gasteiger partial charge on any atom is 0.185 e. The molecule has 0 aliphatic rings. The highest BCUT2D eigenvalue weighted by Gasteiger charge is 2.05. The van der Waals surface area contributed by atoms with Crippen LogP contribution in [0.15, 0.2) is 59.5 Å². The molecule has 0 aliphatic carbocycles. The van der Waals surface area contributed by atoms with E-state index >= 15 is 0 Å². The molecular formula is C34H48O2S. The molecule has 3 heteroatoms. The first-order valence-electron chi connectivity index (χ1n) is 14.7. The van der Waals surface area contributed by atoms with Crippen molar-refractivity contribution in [2.24, 2.45) is 0 Å². The van der Waals surface area contributed by atoms with E-state index in [2.05, 4.69) is 31.2 Å². The van der Waals surface area contributed by atoms with Gasteiger partial charge in [-0.1, -0.05) is 133 Å². The van der Waals surface area contributed by atoms with Crippen molar-refractivity contribution >= 4 is 29.4 Å². The van der Waals surface area contributed by atoms with Crippen molar-refractivity contribution in [3.8, 4) is 0 Å². The second kappa shape index (κ2) is 19.9. The van der Waals surface area contributed by atoms with Gasteiger partial charge in [0.15, 0.2) is 11.6 Å². The predicted molar refractivity (Wildman–Crippen MR) is 162 cm³/mol. The molecule has 0 unspecified atom stereocenters. The average molecular weight is 521 g/mol. The Morgan fingerprint density at radius 3 is 1.73 bits per heavy atom. The number of unbranched alkanes of at least 4 members (excludes halogenated alkanes) is 14. The van der Waals surface area contributed by atoms with Crippen molar-refractivity contribution in [2.45, 2.75) is 115 Å². The first kappa shape index (κ1) is 31.1. The quantitative estimate of drug-likeness (QED) is 0.0710. The van der Waals surface area contributed by atoms with E-state index in [0.29, 0.717) is 11.1 Å². The third-order valence-corrected chi connectivity index (χ3v) is 7.98. The summed E-state index contributed by atoms with van der Waals surface area (Å²) in [5.74, 6) is 1.05. The van der Waals surface area contributed by atoms with Crippen LogP contribution in [0.1, 0.15) is 136 Å². The fraction of sp³-hybridized carbons (Fsp3) is 0.529. The molecule has 2 aromatic rings. The highest BCUT2D eigenvalue weighted by atomic mass is 32.2. The van der Waals surface area contributed by atoms with Crippen molar-refractivity contribution in [2.75, 3.05) is 5.75 Å². The van der Waals surface area contributed by atoms with Gasteiger partial charge in [0.25, 0.3) is 0 Å². The minimum absolute atomic E-state index is 0.0314. The largest absolute Gasteiger partial charge is 0.295 e. The van der Waals surface area contributed by atoms with E-state index in [4.69, 9.17) is 0 Å². The van der Waals surface area contributed by atoms with Crippen molar-refractivity contribution in [3.05, 3.63) is 71.3 Å². The maximum atomic E-state index is 12.4. The van der Waals surface area contributed by atoms with Crippen molar-refractivity contribution in [1.29, 1.82) is 0 Å². The van der Waals surface area contributed by atoms with Gasteiger partial charge in [0.1, 0.15) is 0 Å². The number of allylic oxidation sites excluding steroid dienone is 1. The molecular weight excluding hydrogens is 472 g/mol. The van der Waals surface area contributed by atoms with Crippen molar-refractivity contribution in [1.82, 2.24) is 0 Å². The van der Waals surface area contributed by atoms with Crippen LogP contribution in [0.2, 0.25) is 0 Å². The zero-order valence-corrected chi connectivity index (χ0v) is 24.1. The molecule has 37 heavy (non-hydrogen) atoms. The van der Waals surface area contributed by atoms with E-state index in [-0.39, 0.29) is 11.6 Å². The molecule has 0 heterocycles. The molecule has 0 aliphatic heterocycles. The molecule has 2 rings (SSSR count). The minimum atomic E-state index is -0.0882. The Labute approximate surface area is 230 Å². The Morgan fingerprint density at radius 2 is 1.19 bits per heavy atom. The van der Waals surface area contributed by atoms with Gasteiger partial charge in [-0.2, -0.15) is 0 Å². The number of carbonyl (C=O) groups is 2. The summed E-state index contributed by atoms with van der Waals surface area (Å²) in [5, 5.41) is 0. The lowest BCUT2D eigenvalue weighted by Gasteiger charge is -2.04. The highest BCUT2D eigenvalue weighted by molar-refractivity contribution is 7.99. The summed E-state index contributed by atoms with van der Waals surface area (Å²) in [5.41, 5.74) is 2.11. The Balaban J connectivity index is 1.49. The molecule has 0 fully saturated rings. The van der Waals surface area contributed by atoms with Gasteiger partial charge >= 0.3 is 0 Å². The SMILES string of the molecule is CCCCCCCCCCCCCCCCCSc1ccc(C=CC(=O)c2cccc(C(C)=O)c2)cc1. The molecule has 0 spiro atoms. The summed E-state index contributed by atoms with van der Waals surface area (Å²) in [6.07, 6.45) is 24.4. The van der Waals surface area contributed by atoms with Crippen LogP contribution in [0, 0.1) is 0 Å². The number of rotatable bonds is 21. The smallest absolute Gasteiger partial charge is 0.185 e. The first-order valence-corrected chi connectivity index (χ1v) is 15.6. The Bertz CT molecular complexity index is 929. The number of ketones is 2. The van der Waals surface area contributed by atoms with Gasteiger partial charge in [0, 0.05) is 16.0 Å². The van der Waals surface area contributed by atoms with Crippen LogP contribution in [-0.2, 0) is 0 Å². The number of hydrogen-bond acceptors (Lipinski definition) is 3. The van der Waals surface area contributed by atoms with E-state index in [1.807, 2.05) is 17.8 Å². The number of thioether (sulfide) groups is 1. The van der Waals surface area contributed by atoms with E-state index in [9.17, 15) is 9.59 Å². The molecule has 0 N–H and O–H groups in total. The fourth-order valence-corrected chi connectivity index (χ4v) is 5.41. The summed E-state index contributed by atoms with van der Waals surface area (Å²) in [6, 6.07) is 15.3. The summed E-state index contributed by atoms with van der Waals surface area (Å²) >= 11 is 1.92. The van der Waals surface area contributed by atoms with Gasteiger partial charge in [-0.15, -0.1) is 11.8 Å². The lowest BCUT2D eigenvalue weighted by molar-refractivity contribution is 0.101. The zero-order valence-electron chi connectivity index (χ0n) is 23.3. The van der Waals surface area contributed by atoms with Gasteiger partial charge in [-0.05, 0) is 48.9 Å². The molecule has 202 valence electrons. The summed E-state index contributed by atoms with van der Waals surface area (Å²) in [7, 11) is 0. The molecule has 0 saturated heterocycles. The molecule has 0 amide bonds. The number of hydrogen-bond donors (Lipinski definition) is 0. The van der Waals surface area contributed by atoms with Crippen LogP contribution in [-0.4, -0.2) is 17.3 Å². The molecule has 2 aromatic carbocycles.